The summed E-state index contributed by atoms with van der Waals surface area (Å²) in [5.41, 5.74) is 0. The van der Waals surface area contributed by atoms with Gasteiger partial charge in [0, 0.05) is 13.2 Å². The number of rotatable bonds is 5. The van der Waals surface area contributed by atoms with Crippen molar-refractivity contribution in [2.45, 2.75) is 44.8 Å². The normalized spacial score (nSPS) is 21.7. The van der Waals surface area contributed by atoms with Gasteiger partial charge in [0.2, 0.25) is 0 Å². The third kappa shape index (κ3) is 4.60. The zero-order valence-electron chi connectivity index (χ0n) is 8.37. The molecule has 1 heterocycles. The number of aliphatic hydroxyl groups excluding tert-OH is 1. The first kappa shape index (κ1) is 11.0. The van der Waals surface area contributed by atoms with Crippen molar-refractivity contribution in [1.82, 2.24) is 0 Å². The maximum Gasteiger partial charge on any atom is 0.0773 e. The van der Waals surface area contributed by atoms with Gasteiger partial charge in [0.1, 0.15) is 0 Å². The molecule has 1 aliphatic rings. The van der Waals surface area contributed by atoms with E-state index < -0.39 is 0 Å². The fourth-order valence-electron chi connectivity index (χ4n) is 1.51. The van der Waals surface area contributed by atoms with Gasteiger partial charge in [-0.25, -0.2) is 0 Å². The molecule has 78 valence electrons. The predicted octanol–water partition coefficient (Wildman–Crippen LogP) is 1.34. The van der Waals surface area contributed by atoms with E-state index in [1.165, 1.54) is 0 Å². The number of hydrogen-bond donors (Lipinski definition) is 1. The van der Waals surface area contributed by atoms with Crippen molar-refractivity contribution in [3.8, 4) is 0 Å². The smallest absolute Gasteiger partial charge is 0.0773 e. The first-order chi connectivity index (χ1) is 6.33. The van der Waals surface area contributed by atoms with E-state index in [0.717, 1.165) is 38.9 Å². The van der Waals surface area contributed by atoms with Crippen LogP contribution in [0.5, 0.6) is 0 Å². The highest BCUT2D eigenvalue weighted by molar-refractivity contribution is 4.63. The van der Waals surface area contributed by atoms with E-state index in [1.54, 1.807) is 0 Å². The Morgan fingerprint density at radius 1 is 1.46 bits per heavy atom. The third-order valence-corrected chi connectivity index (χ3v) is 2.31. The second-order valence-corrected chi connectivity index (χ2v) is 3.59. The van der Waals surface area contributed by atoms with E-state index in [-0.39, 0.29) is 6.10 Å². The van der Waals surface area contributed by atoms with Gasteiger partial charge in [-0.3, -0.25) is 0 Å². The van der Waals surface area contributed by atoms with E-state index in [0.29, 0.717) is 12.7 Å². The van der Waals surface area contributed by atoms with Crippen molar-refractivity contribution in [3.63, 3.8) is 0 Å². The maximum atomic E-state index is 9.42. The van der Waals surface area contributed by atoms with Gasteiger partial charge in [0.15, 0.2) is 0 Å². The molecule has 0 bridgehead atoms. The lowest BCUT2D eigenvalue weighted by molar-refractivity contribution is -0.0603. The van der Waals surface area contributed by atoms with Crippen LogP contribution in [0.3, 0.4) is 0 Å². The van der Waals surface area contributed by atoms with Crippen molar-refractivity contribution in [2.24, 2.45) is 0 Å². The average molecular weight is 188 g/mol. The molecule has 0 amide bonds. The van der Waals surface area contributed by atoms with Gasteiger partial charge in [-0.1, -0.05) is 13.3 Å². The fourth-order valence-corrected chi connectivity index (χ4v) is 1.51. The van der Waals surface area contributed by atoms with Crippen LogP contribution in [-0.2, 0) is 9.47 Å². The first-order valence-corrected chi connectivity index (χ1v) is 5.20. The summed E-state index contributed by atoms with van der Waals surface area (Å²) in [7, 11) is 0. The lowest BCUT2D eigenvalue weighted by Crippen LogP contribution is -2.27. The van der Waals surface area contributed by atoms with Gasteiger partial charge < -0.3 is 14.6 Å². The Bertz CT molecular complexity index is 121. The summed E-state index contributed by atoms with van der Waals surface area (Å²) >= 11 is 0. The molecule has 1 atom stereocenters. The van der Waals surface area contributed by atoms with Gasteiger partial charge in [-0.15, -0.1) is 0 Å². The second-order valence-electron chi connectivity index (χ2n) is 3.59. The Morgan fingerprint density at radius 2 is 2.15 bits per heavy atom. The summed E-state index contributed by atoms with van der Waals surface area (Å²) in [5.74, 6) is 0. The van der Waals surface area contributed by atoms with Gasteiger partial charge in [-0.05, 0) is 19.3 Å². The van der Waals surface area contributed by atoms with Crippen LogP contribution in [0.4, 0.5) is 0 Å². The Morgan fingerprint density at radius 3 is 2.77 bits per heavy atom. The monoisotopic (exact) mass is 188 g/mol. The van der Waals surface area contributed by atoms with Gasteiger partial charge in [0.25, 0.3) is 0 Å². The quantitative estimate of drug-likeness (QED) is 0.707. The van der Waals surface area contributed by atoms with Crippen molar-refractivity contribution in [2.75, 3.05) is 19.8 Å². The molecule has 0 saturated carbocycles. The number of ether oxygens (including phenoxy) is 2. The van der Waals surface area contributed by atoms with Gasteiger partial charge in [0.05, 0.1) is 18.8 Å². The Balaban J connectivity index is 2.03. The lowest BCUT2D eigenvalue weighted by Gasteiger charge is -2.23. The molecule has 13 heavy (non-hydrogen) atoms. The van der Waals surface area contributed by atoms with Crippen LogP contribution in [0.15, 0.2) is 0 Å². The van der Waals surface area contributed by atoms with E-state index in [1.807, 2.05) is 0 Å². The number of aliphatic hydroxyl groups is 1. The highest BCUT2D eigenvalue weighted by Gasteiger charge is 2.15. The molecule has 1 saturated heterocycles. The van der Waals surface area contributed by atoms with Crippen molar-refractivity contribution in [1.29, 1.82) is 0 Å². The van der Waals surface area contributed by atoms with Crippen molar-refractivity contribution >= 4 is 0 Å². The molecule has 0 aromatic rings. The zero-order chi connectivity index (χ0) is 9.52. The average Bonchev–Trinajstić information content (AvgIpc) is 2.17. The standard InChI is InChI=1S/C10H20O3/c1-2-3-9(11)8-13-10-4-6-12-7-5-10/h9-11H,2-8H2,1H3. The van der Waals surface area contributed by atoms with E-state index in [4.69, 9.17) is 9.47 Å². The Hall–Kier alpha value is -0.120. The molecule has 1 fully saturated rings. The molecule has 1 unspecified atom stereocenters. The van der Waals surface area contributed by atoms with Crippen LogP contribution in [0.1, 0.15) is 32.6 Å². The van der Waals surface area contributed by atoms with Gasteiger partial charge in [-0.2, -0.15) is 0 Å². The molecule has 0 aromatic carbocycles. The van der Waals surface area contributed by atoms with Crippen LogP contribution in [0.25, 0.3) is 0 Å². The molecule has 3 nitrogen and oxygen atoms in total. The van der Waals surface area contributed by atoms with E-state index in [2.05, 4.69) is 6.92 Å². The molecule has 1 N–H and O–H groups in total. The van der Waals surface area contributed by atoms with Crippen molar-refractivity contribution in [3.05, 3.63) is 0 Å². The van der Waals surface area contributed by atoms with Crippen LogP contribution in [0.2, 0.25) is 0 Å². The molecule has 0 aliphatic carbocycles. The van der Waals surface area contributed by atoms with Crippen molar-refractivity contribution < 1.29 is 14.6 Å². The third-order valence-electron chi connectivity index (χ3n) is 2.31. The van der Waals surface area contributed by atoms with Crippen LogP contribution >= 0.6 is 0 Å². The molecular formula is C10H20O3. The summed E-state index contributed by atoms with van der Waals surface area (Å²) in [6.07, 6.45) is 3.81. The minimum absolute atomic E-state index is 0.284. The summed E-state index contributed by atoms with van der Waals surface area (Å²) in [6.45, 7) is 4.15. The largest absolute Gasteiger partial charge is 0.391 e. The minimum Gasteiger partial charge on any atom is -0.391 e. The molecule has 1 aliphatic heterocycles. The molecule has 0 radical (unpaired) electrons. The molecule has 0 spiro atoms. The Kier molecular flexibility index (Phi) is 5.35. The zero-order valence-corrected chi connectivity index (χ0v) is 8.37. The Labute approximate surface area is 80.0 Å². The summed E-state index contributed by atoms with van der Waals surface area (Å²) in [4.78, 5) is 0. The molecule has 3 heteroatoms. The second kappa shape index (κ2) is 6.35. The first-order valence-electron chi connectivity index (χ1n) is 5.20. The fraction of sp³-hybridized carbons (Fsp3) is 1.00. The highest BCUT2D eigenvalue weighted by Crippen LogP contribution is 2.11. The summed E-state index contributed by atoms with van der Waals surface area (Å²) in [5, 5.41) is 9.42. The van der Waals surface area contributed by atoms with E-state index >= 15 is 0 Å². The maximum absolute atomic E-state index is 9.42. The van der Waals surface area contributed by atoms with Crippen LogP contribution in [-0.4, -0.2) is 37.1 Å². The van der Waals surface area contributed by atoms with Crippen LogP contribution in [0, 0.1) is 0 Å². The molecule has 0 aromatic heterocycles. The number of hydrogen-bond acceptors (Lipinski definition) is 3. The van der Waals surface area contributed by atoms with E-state index in [9.17, 15) is 5.11 Å². The highest BCUT2D eigenvalue weighted by atomic mass is 16.5. The SMILES string of the molecule is CCCC(O)COC1CCOCC1. The molecule has 1 rings (SSSR count). The van der Waals surface area contributed by atoms with Crippen LogP contribution < -0.4 is 0 Å². The summed E-state index contributed by atoms with van der Waals surface area (Å²) in [6, 6.07) is 0. The van der Waals surface area contributed by atoms with Gasteiger partial charge >= 0.3 is 0 Å². The topological polar surface area (TPSA) is 38.7 Å². The lowest BCUT2D eigenvalue weighted by atomic mass is 10.1. The molecular weight excluding hydrogens is 168 g/mol. The minimum atomic E-state index is -0.284. The predicted molar refractivity (Wildman–Crippen MR) is 50.7 cm³/mol. The summed E-state index contributed by atoms with van der Waals surface area (Å²) < 4.78 is 10.8.